The molecule has 3 nitrogen and oxygen atoms in total. The Morgan fingerprint density at radius 3 is 2.81 bits per heavy atom. The number of nitrogens with two attached hydrogens (primary N) is 1. The number of carbonyl (C=O) groups excluding carboxylic acids is 1. The van der Waals surface area contributed by atoms with Gasteiger partial charge >= 0.3 is 0 Å². The van der Waals surface area contributed by atoms with Crippen LogP contribution in [0.25, 0.3) is 0 Å². The summed E-state index contributed by atoms with van der Waals surface area (Å²) in [5.74, 6) is -0.420. The van der Waals surface area contributed by atoms with Gasteiger partial charge in [-0.05, 0) is 18.1 Å². The van der Waals surface area contributed by atoms with Gasteiger partial charge in [0.2, 0.25) is 5.91 Å². The average Bonchev–Trinajstić information content (AvgIpc) is 2.23. The summed E-state index contributed by atoms with van der Waals surface area (Å²) in [4.78, 5) is 11.6. The van der Waals surface area contributed by atoms with E-state index in [0.717, 1.165) is 6.42 Å². The summed E-state index contributed by atoms with van der Waals surface area (Å²) in [7, 11) is 0. The second kappa shape index (κ2) is 5.49. The van der Waals surface area contributed by atoms with Crippen LogP contribution >= 0.6 is 0 Å². The SMILES string of the molecule is CCC(C)CC(=O)Nc1c(N)cccc1F. The maximum Gasteiger partial charge on any atom is 0.224 e. The van der Waals surface area contributed by atoms with Crippen molar-refractivity contribution in [3.63, 3.8) is 0 Å². The van der Waals surface area contributed by atoms with Gasteiger partial charge in [0, 0.05) is 6.42 Å². The zero-order chi connectivity index (χ0) is 12.1. The number of benzene rings is 1. The molecule has 1 unspecified atom stereocenters. The van der Waals surface area contributed by atoms with E-state index in [1.54, 1.807) is 6.07 Å². The van der Waals surface area contributed by atoms with Crippen molar-refractivity contribution < 1.29 is 9.18 Å². The van der Waals surface area contributed by atoms with Crippen molar-refractivity contribution in [3.8, 4) is 0 Å². The first-order valence-electron chi connectivity index (χ1n) is 5.38. The standard InChI is InChI=1S/C12H17FN2O/c1-3-8(2)7-11(16)15-12-9(13)5-4-6-10(12)14/h4-6,8H,3,7,14H2,1-2H3,(H,15,16). The van der Waals surface area contributed by atoms with Crippen molar-refractivity contribution in [3.05, 3.63) is 24.0 Å². The highest BCUT2D eigenvalue weighted by Crippen LogP contribution is 2.22. The molecule has 0 aromatic heterocycles. The Bertz CT molecular complexity index is 359. The summed E-state index contributed by atoms with van der Waals surface area (Å²) in [5, 5.41) is 2.50. The van der Waals surface area contributed by atoms with Gasteiger partial charge in [-0.1, -0.05) is 26.3 Å². The number of amides is 1. The fraction of sp³-hybridized carbons (Fsp3) is 0.417. The summed E-state index contributed by atoms with van der Waals surface area (Å²) >= 11 is 0. The Hall–Kier alpha value is -1.58. The Morgan fingerprint density at radius 1 is 1.56 bits per heavy atom. The van der Waals surface area contributed by atoms with E-state index in [0.29, 0.717) is 6.42 Å². The van der Waals surface area contributed by atoms with Gasteiger partial charge in [0.25, 0.3) is 0 Å². The summed E-state index contributed by atoms with van der Waals surface area (Å²) in [6.45, 7) is 3.99. The number of hydrogen-bond acceptors (Lipinski definition) is 2. The van der Waals surface area contributed by atoms with E-state index >= 15 is 0 Å². The topological polar surface area (TPSA) is 55.1 Å². The molecule has 1 rings (SSSR count). The lowest BCUT2D eigenvalue weighted by Gasteiger charge is -2.11. The van der Waals surface area contributed by atoms with Crippen molar-refractivity contribution in [1.29, 1.82) is 0 Å². The number of nitrogens with one attached hydrogen (secondary N) is 1. The third-order valence-electron chi connectivity index (χ3n) is 2.54. The van der Waals surface area contributed by atoms with E-state index in [1.807, 2.05) is 13.8 Å². The Kier molecular flexibility index (Phi) is 4.28. The third-order valence-corrected chi connectivity index (χ3v) is 2.54. The van der Waals surface area contributed by atoms with Gasteiger partial charge in [-0.15, -0.1) is 0 Å². The highest BCUT2D eigenvalue weighted by Gasteiger charge is 2.12. The maximum atomic E-state index is 13.3. The lowest BCUT2D eigenvalue weighted by atomic mass is 10.0. The van der Waals surface area contributed by atoms with Crippen LogP contribution in [0.2, 0.25) is 0 Å². The highest BCUT2D eigenvalue weighted by molar-refractivity contribution is 5.94. The lowest BCUT2D eigenvalue weighted by Crippen LogP contribution is -2.16. The van der Waals surface area contributed by atoms with E-state index in [2.05, 4.69) is 5.32 Å². The quantitative estimate of drug-likeness (QED) is 0.773. The van der Waals surface area contributed by atoms with Crippen LogP contribution in [-0.2, 0) is 4.79 Å². The molecule has 0 aliphatic carbocycles. The molecule has 1 aromatic rings. The first-order chi connectivity index (χ1) is 7.54. The van der Waals surface area contributed by atoms with Crippen molar-refractivity contribution in [2.45, 2.75) is 26.7 Å². The number of anilines is 2. The van der Waals surface area contributed by atoms with Gasteiger partial charge in [0.1, 0.15) is 11.5 Å². The van der Waals surface area contributed by atoms with Gasteiger partial charge in [0.15, 0.2) is 0 Å². The molecule has 0 aliphatic heterocycles. The molecule has 0 bridgehead atoms. The van der Waals surface area contributed by atoms with Crippen LogP contribution in [0.1, 0.15) is 26.7 Å². The van der Waals surface area contributed by atoms with E-state index in [1.165, 1.54) is 12.1 Å². The van der Waals surface area contributed by atoms with E-state index in [4.69, 9.17) is 5.73 Å². The van der Waals surface area contributed by atoms with Crippen LogP contribution in [0.5, 0.6) is 0 Å². The zero-order valence-corrected chi connectivity index (χ0v) is 9.59. The monoisotopic (exact) mass is 224 g/mol. The lowest BCUT2D eigenvalue weighted by molar-refractivity contribution is -0.117. The fourth-order valence-electron chi connectivity index (χ4n) is 1.32. The number of nitrogen functional groups attached to an aromatic ring is 1. The predicted molar refractivity (Wildman–Crippen MR) is 63.5 cm³/mol. The second-order valence-corrected chi connectivity index (χ2v) is 3.97. The molecule has 0 radical (unpaired) electrons. The van der Waals surface area contributed by atoms with Crippen LogP contribution in [0, 0.1) is 11.7 Å². The molecule has 0 aliphatic rings. The van der Waals surface area contributed by atoms with E-state index < -0.39 is 5.82 Å². The van der Waals surface area contributed by atoms with E-state index in [-0.39, 0.29) is 23.2 Å². The first-order valence-corrected chi connectivity index (χ1v) is 5.38. The predicted octanol–water partition coefficient (Wildman–Crippen LogP) is 2.78. The number of para-hydroxylation sites is 1. The molecule has 0 fully saturated rings. The molecular weight excluding hydrogens is 207 g/mol. The van der Waals surface area contributed by atoms with Gasteiger partial charge in [-0.3, -0.25) is 4.79 Å². The number of halogens is 1. The molecular formula is C12H17FN2O. The van der Waals surface area contributed by atoms with Crippen LogP contribution in [0.15, 0.2) is 18.2 Å². The molecule has 88 valence electrons. The van der Waals surface area contributed by atoms with E-state index in [9.17, 15) is 9.18 Å². The number of carbonyl (C=O) groups is 1. The fourth-order valence-corrected chi connectivity index (χ4v) is 1.32. The first kappa shape index (κ1) is 12.5. The normalized spacial score (nSPS) is 12.2. The van der Waals surface area contributed by atoms with Crippen molar-refractivity contribution >= 4 is 17.3 Å². The van der Waals surface area contributed by atoms with Crippen LogP contribution in [-0.4, -0.2) is 5.91 Å². The molecule has 1 atom stereocenters. The summed E-state index contributed by atoms with van der Waals surface area (Å²) in [6.07, 6.45) is 1.30. The minimum atomic E-state index is -0.502. The second-order valence-electron chi connectivity index (χ2n) is 3.97. The highest BCUT2D eigenvalue weighted by atomic mass is 19.1. The molecule has 1 aromatic carbocycles. The molecule has 0 saturated heterocycles. The molecule has 16 heavy (non-hydrogen) atoms. The summed E-state index contributed by atoms with van der Waals surface area (Å²) in [6, 6.07) is 4.34. The molecule has 0 spiro atoms. The molecule has 4 heteroatoms. The Labute approximate surface area is 94.8 Å². The summed E-state index contributed by atoms with van der Waals surface area (Å²) in [5.41, 5.74) is 5.91. The van der Waals surface area contributed by atoms with Crippen LogP contribution in [0.4, 0.5) is 15.8 Å². The van der Waals surface area contributed by atoms with Crippen LogP contribution < -0.4 is 11.1 Å². The minimum absolute atomic E-state index is 0.0794. The van der Waals surface area contributed by atoms with Gasteiger partial charge in [-0.2, -0.15) is 0 Å². The zero-order valence-electron chi connectivity index (χ0n) is 9.59. The molecule has 3 N–H and O–H groups in total. The average molecular weight is 224 g/mol. The van der Waals surface area contributed by atoms with Gasteiger partial charge < -0.3 is 11.1 Å². The Balaban J connectivity index is 2.70. The molecule has 0 saturated carbocycles. The molecule has 1 amide bonds. The Morgan fingerprint density at radius 2 is 2.25 bits per heavy atom. The van der Waals surface area contributed by atoms with Crippen molar-refractivity contribution in [2.24, 2.45) is 5.92 Å². The number of hydrogen-bond donors (Lipinski definition) is 2. The van der Waals surface area contributed by atoms with Crippen LogP contribution in [0.3, 0.4) is 0 Å². The smallest absolute Gasteiger partial charge is 0.224 e. The van der Waals surface area contributed by atoms with Crippen molar-refractivity contribution in [1.82, 2.24) is 0 Å². The van der Waals surface area contributed by atoms with Gasteiger partial charge in [0.05, 0.1) is 5.69 Å². The largest absolute Gasteiger partial charge is 0.397 e. The maximum absolute atomic E-state index is 13.3. The number of rotatable bonds is 4. The third kappa shape index (κ3) is 3.22. The summed E-state index contributed by atoms with van der Waals surface area (Å²) < 4.78 is 13.3. The van der Waals surface area contributed by atoms with Gasteiger partial charge in [-0.25, -0.2) is 4.39 Å². The van der Waals surface area contributed by atoms with Crippen molar-refractivity contribution in [2.75, 3.05) is 11.1 Å². The molecule has 0 heterocycles. The minimum Gasteiger partial charge on any atom is -0.397 e.